The Morgan fingerprint density at radius 2 is 1.92 bits per heavy atom. The van der Waals surface area contributed by atoms with E-state index in [0.29, 0.717) is 13.0 Å². The standard InChI is InChI=1S/C19H24N4O2S/c1-15(24)17(13-16-5-3-2-4-6-16)21-18(25)14-22-8-10-23(11-9-22)19-20-7-12-26-19/h2-7,12,17H,8-11,13-14H2,1H3,(H,21,25). The van der Waals surface area contributed by atoms with Gasteiger partial charge in [0.2, 0.25) is 5.91 Å². The van der Waals surface area contributed by atoms with Crippen LogP contribution in [0, 0.1) is 0 Å². The van der Waals surface area contributed by atoms with Crippen LogP contribution in [-0.2, 0) is 16.0 Å². The van der Waals surface area contributed by atoms with Gasteiger partial charge in [-0.05, 0) is 18.9 Å². The highest BCUT2D eigenvalue weighted by Crippen LogP contribution is 2.18. The van der Waals surface area contributed by atoms with Gasteiger partial charge in [-0.2, -0.15) is 0 Å². The van der Waals surface area contributed by atoms with E-state index in [1.54, 1.807) is 11.3 Å². The highest BCUT2D eigenvalue weighted by molar-refractivity contribution is 7.13. The number of hydrogen-bond acceptors (Lipinski definition) is 6. The van der Waals surface area contributed by atoms with Crippen LogP contribution in [0.15, 0.2) is 41.9 Å². The molecule has 1 saturated heterocycles. The lowest BCUT2D eigenvalue weighted by Crippen LogP contribution is -2.51. The molecule has 0 bridgehead atoms. The summed E-state index contributed by atoms with van der Waals surface area (Å²) in [5.41, 5.74) is 1.05. The van der Waals surface area contributed by atoms with E-state index in [-0.39, 0.29) is 11.7 Å². The second-order valence-corrected chi connectivity index (χ2v) is 7.37. The first-order chi connectivity index (χ1) is 12.6. The van der Waals surface area contributed by atoms with E-state index in [1.807, 2.05) is 41.9 Å². The van der Waals surface area contributed by atoms with E-state index in [1.165, 1.54) is 6.92 Å². The number of Topliss-reactive ketones (excluding diaryl/α,β-unsaturated/α-hetero) is 1. The minimum atomic E-state index is -0.471. The number of benzene rings is 1. The van der Waals surface area contributed by atoms with Gasteiger partial charge in [-0.25, -0.2) is 4.98 Å². The van der Waals surface area contributed by atoms with Crippen molar-refractivity contribution in [3.63, 3.8) is 0 Å². The van der Waals surface area contributed by atoms with E-state index < -0.39 is 6.04 Å². The van der Waals surface area contributed by atoms with Crippen molar-refractivity contribution in [2.45, 2.75) is 19.4 Å². The molecule has 0 spiro atoms. The van der Waals surface area contributed by atoms with E-state index in [4.69, 9.17) is 0 Å². The van der Waals surface area contributed by atoms with E-state index in [9.17, 15) is 9.59 Å². The fourth-order valence-corrected chi connectivity index (χ4v) is 3.76. The molecule has 1 aromatic heterocycles. The summed E-state index contributed by atoms with van der Waals surface area (Å²) in [6.07, 6.45) is 2.34. The molecule has 138 valence electrons. The number of anilines is 1. The molecule has 1 fully saturated rings. The van der Waals surface area contributed by atoms with Gasteiger partial charge in [-0.1, -0.05) is 30.3 Å². The number of thiazole rings is 1. The topological polar surface area (TPSA) is 65.5 Å². The first-order valence-electron chi connectivity index (χ1n) is 8.82. The van der Waals surface area contributed by atoms with Crippen molar-refractivity contribution in [2.24, 2.45) is 0 Å². The molecule has 2 aromatic rings. The van der Waals surface area contributed by atoms with Crippen LogP contribution >= 0.6 is 11.3 Å². The molecule has 0 aliphatic carbocycles. The average Bonchev–Trinajstić information content (AvgIpc) is 3.17. The third kappa shape index (κ3) is 5.12. The lowest BCUT2D eigenvalue weighted by Gasteiger charge is -2.34. The number of aromatic nitrogens is 1. The fraction of sp³-hybridized carbons (Fsp3) is 0.421. The summed E-state index contributed by atoms with van der Waals surface area (Å²) < 4.78 is 0. The predicted molar refractivity (Wildman–Crippen MR) is 104 cm³/mol. The minimum absolute atomic E-state index is 0.0178. The molecule has 0 radical (unpaired) electrons. The van der Waals surface area contributed by atoms with Crippen LogP contribution in [0.5, 0.6) is 0 Å². The molecule has 1 unspecified atom stereocenters. The number of nitrogens with zero attached hydrogens (tertiary/aromatic N) is 3. The molecule has 1 N–H and O–H groups in total. The predicted octanol–water partition coefficient (Wildman–Crippen LogP) is 1.58. The first-order valence-corrected chi connectivity index (χ1v) is 9.70. The number of rotatable bonds is 7. The Bertz CT molecular complexity index is 712. The van der Waals surface area contributed by atoms with Crippen LogP contribution in [0.3, 0.4) is 0 Å². The van der Waals surface area contributed by atoms with Crippen LogP contribution < -0.4 is 10.2 Å². The smallest absolute Gasteiger partial charge is 0.234 e. The number of ketones is 1. The number of carbonyl (C=O) groups excluding carboxylic acids is 2. The summed E-state index contributed by atoms with van der Waals surface area (Å²) in [4.78, 5) is 33.0. The van der Waals surface area contributed by atoms with Gasteiger partial charge < -0.3 is 10.2 Å². The third-order valence-corrected chi connectivity index (χ3v) is 5.37. The quantitative estimate of drug-likeness (QED) is 0.799. The monoisotopic (exact) mass is 372 g/mol. The Morgan fingerprint density at radius 3 is 2.54 bits per heavy atom. The summed E-state index contributed by atoms with van der Waals surface area (Å²) in [5.74, 6) is -0.111. The van der Waals surface area contributed by atoms with Crippen molar-refractivity contribution in [3.8, 4) is 0 Å². The molecule has 1 aromatic carbocycles. The Morgan fingerprint density at radius 1 is 1.19 bits per heavy atom. The SMILES string of the molecule is CC(=O)C(Cc1ccccc1)NC(=O)CN1CCN(c2nccs2)CC1. The van der Waals surface area contributed by atoms with Crippen LogP contribution in [0.25, 0.3) is 0 Å². The molecule has 6 nitrogen and oxygen atoms in total. The Labute approximate surface area is 157 Å². The fourth-order valence-electron chi connectivity index (χ4n) is 3.06. The van der Waals surface area contributed by atoms with Crippen molar-refractivity contribution in [1.29, 1.82) is 0 Å². The Balaban J connectivity index is 1.47. The van der Waals surface area contributed by atoms with Crippen molar-refractivity contribution < 1.29 is 9.59 Å². The van der Waals surface area contributed by atoms with Crippen molar-refractivity contribution in [2.75, 3.05) is 37.6 Å². The number of amides is 1. The number of carbonyl (C=O) groups is 2. The highest BCUT2D eigenvalue weighted by atomic mass is 32.1. The second-order valence-electron chi connectivity index (χ2n) is 6.50. The van der Waals surface area contributed by atoms with Crippen molar-refractivity contribution >= 4 is 28.2 Å². The van der Waals surface area contributed by atoms with Gasteiger partial charge in [0, 0.05) is 37.8 Å². The Kier molecular flexibility index (Phi) is 6.35. The summed E-state index contributed by atoms with van der Waals surface area (Å²) in [5, 5.41) is 5.91. The van der Waals surface area contributed by atoms with Gasteiger partial charge in [0.25, 0.3) is 0 Å². The maximum absolute atomic E-state index is 12.4. The number of piperazine rings is 1. The van der Waals surface area contributed by atoms with Crippen LogP contribution in [0.2, 0.25) is 0 Å². The van der Waals surface area contributed by atoms with Crippen LogP contribution in [0.1, 0.15) is 12.5 Å². The highest BCUT2D eigenvalue weighted by Gasteiger charge is 2.23. The zero-order valence-corrected chi connectivity index (χ0v) is 15.7. The lowest BCUT2D eigenvalue weighted by molar-refractivity contribution is -0.127. The van der Waals surface area contributed by atoms with Gasteiger partial charge in [-0.15, -0.1) is 11.3 Å². The first kappa shape index (κ1) is 18.5. The van der Waals surface area contributed by atoms with Gasteiger partial charge in [-0.3, -0.25) is 14.5 Å². The molecule has 3 rings (SSSR count). The molecular formula is C19H24N4O2S. The average molecular weight is 372 g/mol. The van der Waals surface area contributed by atoms with Gasteiger partial charge in [0.1, 0.15) is 0 Å². The second kappa shape index (κ2) is 8.91. The molecule has 0 saturated carbocycles. The van der Waals surface area contributed by atoms with E-state index in [0.717, 1.165) is 36.9 Å². The largest absolute Gasteiger partial charge is 0.346 e. The van der Waals surface area contributed by atoms with Gasteiger partial charge >= 0.3 is 0 Å². The van der Waals surface area contributed by atoms with E-state index in [2.05, 4.69) is 20.1 Å². The lowest BCUT2D eigenvalue weighted by atomic mass is 10.0. The van der Waals surface area contributed by atoms with Crippen molar-refractivity contribution in [3.05, 3.63) is 47.5 Å². The van der Waals surface area contributed by atoms with Crippen LogP contribution in [-0.4, -0.2) is 60.3 Å². The van der Waals surface area contributed by atoms with E-state index >= 15 is 0 Å². The summed E-state index contributed by atoms with van der Waals surface area (Å²) in [6, 6.07) is 9.30. The van der Waals surface area contributed by atoms with Gasteiger partial charge in [0.15, 0.2) is 10.9 Å². The van der Waals surface area contributed by atoms with Crippen molar-refractivity contribution in [1.82, 2.24) is 15.2 Å². The normalized spacial score (nSPS) is 16.3. The number of hydrogen-bond donors (Lipinski definition) is 1. The summed E-state index contributed by atoms with van der Waals surface area (Å²) in [7, 11) is 0. The van der Waals surface area contributed by atoms with Crippen LogP contribution in [0.4, 0.5) is 5.13 Å². The Hall–Kier alpha value is -2.25. The summed E-state index contributed by atoms with van der Waals surface area (Å²) >= 11 is 1.64. The number of nitrogens with one attached hydrogen (secondary N) is 1. The molecule has 1 amide bonds. The maximum atomic E-state index is 12.4. The molecular weight excluding hydrogens is 348 g/mol. The third-order valence-electron chi connectivity index (χ3n) is 4.54. The molecule has 1 aliphatic heterocycles. The minimum Gasteiger partial charge on any atom is -0.346 e. The summed E-state index contributed by atoms with van der Waals surface area (Å²) in [6.45, 7) is 5.21. The zero-order valence-electron chi connectivity index (χ0n) is 14.9. The molecule has 2 heterocycles. The molecule has 1 aliphatic rings. The molecule has 7 heteroatoms. The van der Waals surface area contributed by atoms with Gasteiger partial charge in [0.05, 0.1) is 12.6 Å². The molecule has 26 heavy (non-hydrogen) atoms. The zero-order chi connectivity index (χ0) is 18.4. The maximum Gasteiger partial charge on any atom is 0.234 e. The molecule has 1 atom stereocenters.